The van der Waals surface area contributed by atoms with Gasteiger partial charge < -0.3 is 9.80 Å². The highest BCUT2D eigenvalue weighted by molar-refractivity contribution is 5.94. The van der Waals surface area contributed by atoms with Gasteiger partial charge in [-0.05, 0) is 37.3 Å². The number of hydrogen-bond acceptors (Lipinski definition) is 2. The molecule has 1 fully saturated rings. The predicted molar refractivity (Wildman–Crippen MR) is 89.5 cm³/mol. The van der Waals surface area contributed by atoms with E-state index < -0.39 is 0 Å². The van der Waals surface area contributed by atoms with Crippen LogP contribution in [0.5, 0.6) is 0 Å². The lowest BCUT2D eigenvalue weighted by atomic mass is 10.1. The lowest BCUT2D eigenvalue weighted by Crippen LogP contribution is -3.13. The van der Waals surface area contributed by atoms with Crippen molar-refractivity contribution in [1.29, 1.82) is 0 Å². The number of hydrogen-bond donors (Lipinski definition) is 1. The number of nitrogens with one attached hydrogen (secondary N) is 1. The van der Waals surface area contributed by atoms with Crippen LogP contribution in [0.25, 0.3) is 0 Å². The lowest BCUT2D eigenvalue weighted by Gasteiger charge is -2.33. The average molecular weight is 313 g/mol. The molecular formula is C19H22FN2O+. The molecule has 1 N–H and O–H groups in total. The fraction of sp³-hybridized carbons (Fsp3) is 0.316. The normalized spacial score (nSPS) is 15.7. The summed E-state index contributed by atoms with van der Waals surface area (Å²) in [5.41, 5.74) is 2.69. The molecule has 3 nitrogen and oxygen atoms in total. The van der Waals surface area contributed by atoms with E-state index in [1.165, 1.54) is 11.0 Å². The third-order valence-electron chi connectivity index (χ3n) is 4.51. The van der Waals surface area contributed by atoms with Crippen molar-refractivity contribution in [2.75, 3.05) is 31.1 Å². The second-order valence-electron chi connectivity index (χ2n) is 6.11. The first kappa shape index (κ1) is 15.7. The second kappa shape index (κ2) is 6.92. The van der Waals surface area contributed by atoms with E-state index in [1.54, 1.807) is 13.0 Å². The van der Waals surface area contributed by atoms with Crippen molar-refractivity contribution in [3.63, 3.8) is 0 Å². The second-order valence-corrected chi connectivity index (χ2v) is 6.11. The fourth-order valence-electron chi connectivity index (χ4n) is 3.08. The number of piperazine rings is 1. The molecule has 0 aromatic heterocycles. The Labute approximate surface area is 136 Å². The highest BCUT2D eigenvalue weighted by Crippen LogP contribution is 2.15. The summed E-state index contributed by atoms with van der Waals surface area (Å²) < 4.78 is 13.7. The zero-order chi connectivity index (χ0) is 16.2. The quantitative estimate of drug-likeness (QED) is 0.873. The van der Waals surface area contributed by atoms with E-state index in [4.69, 9.17) is 0 Å². The molecule has 2 aromatic rings. The van der Waals surface area contributed by atoms with Gasteiger partial charge in [0.15, 0.2) is 5.78 Å². The first-order valence-electron chi connectivity index (χ1n) is 8.06. The van der Waals surface area contributed by atoms with Gasteiger partial charge in [0, 0.05) is 16.8 Å². The topological polar surface area (TPSA) is 24.8 Å². The van der Waals surface area contributed by atoms with Crippen molar-refractivity contribution in [3.8, 4) is 0 Å². The van der Waals surface area contributed by atoms with Gasteiger partial charge in [0.2, 0.25) is 0 Å². The fourth-order valence-corrected chi connectivity index (χ4v) is 3.08. The molecule has 0 atom stereocenters. The molecule has 120 valence electrons. The number of nitrogens with zero attached hydrogens (tertiary/aromatic N) is 1. The molecule has 2 aromatic carbocycles. The molecule has 3 rings (SSSR count). The Bertz CT molecular complexity index is 676. The number of carbonyl (C=O) groups is 1. The van der Waals surface area contributed by atoms with Crippen LogP contribution in [0.3, 0.4) is 0 Å². The number of rotatable bonds is 4. The van der Waals surface area contributed by atoms with Crippen LogP contribution in [0, 0.1) is 5.82 Å². The molecule has 23 heavy (non-hydrogen) atoms. The molecule has 1 aliphatic heterocycles. The monoisotopic (exact) mass is 313 g/mol. The number of quaternary nitrogens is 1. The summed E-state index contributed by atoms with van der Waals surface area (Å²) in [5, 5.41) is 0. The predicted octanol–water partition coefficient (Wildman–Crippen LogP) is 1.93. The number of ketones is 1. The summed E-state index contributed by atoms with van der Waals surface area (Å²) in [7, 11) is 0. The van der Waals surface area contributed by atoms with Crippen LogP contribution in [0.2, 0.25) is 0 Å². The van der Waals surface area contributed by atoms with Crippen LogP contribution in [0.4, 0.5) is 10.1 Å². The maximum atomic E-state index is 13.7. The minimum Gasteiger partial charge on any atom is -0.360 e. The van der Waals surface area contributed by atoms with Crippen molar-refractivity contribution in [2.24, 2.45) is 0 Å². The van der Waals surface area contributed by atoms with Gasteiger partial charge in [-0.3, -0.25) is 4.79 Å². The van der Waals surface area contributed by atoms with Crippen molar-refractivity contribution < 1.29 is 14.1 Å². The van der Waals surface area contributed by atoms with Crippen molar-refractivity contribution >= 4 is 11.5 Å². The molecule has 0 amide bonds. The molecule has 1 saturated heterocycles. The molecule has 0 radical (unpaired) electrons. The summed E-state index contributed by atoms with van der Waals surface area (Å²) in [6.45, 7) is 6.20. The van der Waals surface area contributed by atoms with Gasteiger partial charge in [0.1, 0.15) is 12.4 Å². The summed E-state index contributed by atoms with van der Waals surface area (Å²) in [4.78, 5) is 15.1. The summed E-state index contributed by atoms with van der Waals surface area (Å²) in [5.74, 6) is -0.0158. The van der Waals surface area contributed by atoms with E-state index >= 15 is 0 Å². The zero-order valence-electron chi connectivity index (χ0n) is 13.4. The lowest BCUT2D eigenvalue weighted by molar-refractivity contribution is -0.914. The third kappa shape index (κ3) is 3.77. The minimum atomic E-state index is -0.109. The number of halogens is 1. The average Bonchev–Trinajstić information content (AvgIpc) is 2.58. The van der Waals surface area contributed by atoms with Crippen LogP contribution in [-0.2, 0) is 6.54 Å². The maximum Gasteiger partial charge on any atom is 0.159 e. The standard InChI is InChI=1S/C19H21FN2O/c1-15(23)16-6-8-18(9-7-16)22-12-10-21(11-13-22)14-17-4-2-3-5-19(17)20/h2-9H,10-14H2,1H3/p+1. The van der Waals surface area contributed by atoms with Gasteiger partial charge in [0.05, 0.1) is 26.2 Å². The molecule has 4 heteroatoms. The summed E-state index contributed by atoms with van der Waals surface area (Å²) in [6, 6.07) is 14.8. The van der Waals surface area contributed by atoms with Gasteiger partial charge in [-0.15, -0.1) is 0 Å². The van der Waals surface area contributed by atoms with E-state index in [1.807, 2.05) is 36.4 Å². The van der Waals surface area contributed by atoms with Crippen LogP contribution in [-0.4, -0.2) is 32.0 Å². The highest BCUT2D eigenvalue weighted by atomic mass is 19.1. The largest absolute Gasteiger partial charge is 0.360 e. The van der Waals surface area contributed by atoms with E-state index in [9.17, 15) is 9.18 Å². The Morgan fingerprint density at radius 3 is 2.35 bits per heavy atom. The molecule has 0 saturated carbocycles. The smallest absolute Gasteiger partial charge is 0.159 e. The Morgan fingerprint density at radius 1 is 1.09 bits per heavy atom. The Balaban J connectivity index is 1.58. The van der Waals surface area contributed by atoms with Crippen molar-refractivity contribution in [1.82, 2.24) is 0 Å². The van der Waals surface area contributed by atoms with Crippen molar-refractivity contribution in [3.05, 3.63) is 65.5 Å². The van der Waals surface area contributed by atoms with E-state index in [2.05, 4.69) is 4.90 Å². The number of Topliss-reactive ketones (excluding diaryl/α,β-unsaturated/α-hetero) is 1. The summed E-state index contributed by atoms with van der Waals surface area (Å²) in [6.07, 6.45) is 0. The van der Waals surface area contributed by atoms with E-state index in [-0.39, 0.29) is 11.6 Å². The van der Waals surface area contributed by atoms with Crippen LogP contribution in [0.1, 0.15) is 22.8 Å². The maximum absolute atomic E-state index is 13.7. The highest BCUT2D eigenvalue weighted by Gasteiger charge is 2.21. The first-order chi connectivity index (χ1) is 11.1. The van der Waals surface area contributed by atoms with Gasteiger partial charge in [0.25, 0.3) is 0 Å². The van der Waals surface area contributed by atoms with Gasteiger partial charge in [-0.25, -0.2) is 4.39 Å². The van der Waals surface area contributed by atoms with Crippen LogP contribution < -0.4 is 9.80 Å². The number of benzene rings is 2. The number of anilines is 1. The van der Waals surface area contributed by atoms with E-state index in [0.717, 1.165) is 49.5 Å². The zero-order valence-corrected chi connectivity index (χ0v) is 13.4. The third-order valence-corrected chi connectivity index (χ3v) is 4.51. The minimum absolute atomic E-state index is 0.0932. The van der Waals surface area contributed by atoms with Crippen LogP contribution >= 0.6 is 0 Å². The number of carbonyl (C=O) groups excluding carboxylic acids is 1. The molecule has 1 heterocycles. The van der Waals surface area contributed by atoms with Crippen LogP contribution in [0.15, 0.2) is 48.5 Å². The first-order valence-corrected chi connectivity index (χ1v) is 8.06. The van der Waals surface area contributed by atoms with Gasteiger partial charge >= 0.3 is 0 Å². The molecule has 1 aliphatic rings. The Kier molecular flexibility index (Phi) is 4.72. The van der Waals surface area contributed by atoms with E-state index in [0.29, 0.717) is 0 Å². The molecule has 0 spiro atoms. The molecular weight excluding hydrogens is 291 g/mol. The molecule has 0 unspecified atom stereocenters. The molecule has 0 aliphatic carbocycles. The van der Waals surface area contributed by atoms with Gasteiger partial charge in [-0.2, -0.15) is 0 Å². The summed E-state index contributed by atoms with van der Waals surface area (Å²) >= 11 is 0. The molecule has 0 bridgehead atoms. The Hall–Kier alpha value is -2.20. The van der Waals surface area contributed by atoms with Crippen molar-refractivity contribution in [2.45, 2.75) is 13.5 Å². The Morgan fingerprint density at radius 2 is 1.74 bits per heavy atom. The van der Waals surface area contributed by atoms with Gasteiger partial charge in [-0.1, -0.05) is 18.2 Å². The SMILES string of the molecule is CC(=O)c1ccc(N2CC[NH+](Cc3ccccc3F)CC2)cc1.